The summed E-state index contributed by atoms with van der Waals surface area (Å²) in [5.74, 6) is 0.272. The van der Waals surface area contributed by atoms with Gasteiger partial charge in [0.2, 0.25) is 0 Å². The van der Waals surface area contributed by atoms with Crippen LogP contribution in [0, 0.1) is 0 Å². The number of rotatable bonds is 39. The first kappa shape index (κ1) is 68.4. The van der Waals surface area contributed by atoms with Crippen molar-refractivity contribution in [1.82, 2.24) is 61.1 Å². The van der Waals surface area contributed by atoms with Crippen LogP contribution in [0.4, 0.5) is 9.59 Å². The topological polar surface area (TPSA) is 224 Å². The number of carbonyl (C=O) groups excluding carboxylic acids is 2. The van der Waals surface area contributed by atoms with Gasteiger partial charge in [0.05, 0.1) is 131 Å². The van der Waals surface area contributed by atoms with Crippen LogP contribution in [0.2, 0.25) is 20.1 Å². The number of aromatic nitrogens is 6. The van der Waals surface area contributed by atoms with Crippen molar-refractivity contribution < 1.29 is 47.5 Å². The van der Waals surface area contributed by atoms with Crippen LogP contribution in [0.3, 0.4) is 0 Å². The highest BCUT2D eigenvalue weighted by molar-refractivity contribution is 6.35. The lowest BCUT2D eigenvalue weighted by atomic mass is 9.84. The fraction of sp³-hybridized carbons (Fsp3) is 0.516. The molecule has 22 nitrogen and oxygen atoms in total. The first-order valence-electron chi connectivity index (χ1n) is 30.0. The van der Waals surface area contributed by atoms with E-state index in [0.717, 1.165) is 59.8 Å². The van der Waals surface area contributed by atoms with Crippen molar-refractivity contribution in [3.63, 3.8) is 0 Å². The SMILES string of the molecule is CN1Cc2c(Cl)cc(Cl)cc2[C@H](c2cccc(-c3cn(CCOCCOCCOCCOCCNC(=O)NCCCCNC(=O)NCCOCCOCCOCCOCCn4cc(-c5cccc([C@@H]6CN(C)Cc7c(Cl)cc(Cl)cc76)c5)nn4)nn3)c2)C1. The normalized spacial score (nSPS) is 15.1. The quantitative estimate of drug-likeness (QED) is 0.0267. The van der Waals surface area contributed by atoms with Gasteiger partial charge in [-0.1, -0.05) is 93.2 Å². The van der Waals surface area contributed by atoms with Crippen LogP contribution in [-0.2, 0) is 64.1 Å². The number of fused-ring (bicyclic) bond motifs is 2. The highest BCUT2D eigenvalue weighted by Crippen LogP contribution is 2.41. The van der Waals surface area contributed by atoms with Crippen molar-refractivity contribution >= 4 is 58.5 Å². The molecule has 0 saturated heterocycles. The molecule has 6 aromatic rings. The average molecular weight is 1300 g/mol. The van der Waals surface area contributed by atoms with Gasteiger partial charge in [0.1, 0.15) is 11.4 Å². The Morgan fingerprint density at radius 1 is 0.466 bits per heavy atom. The molecule has 2 atom stereocenters. The predicted octanol–water partition coefficient (Wildman–Crippen LogP) is 8.18. The third-order valence-electron chi connectivity index (χ3n) is 14.6. The van der Waals surface area contributed by atoms with E-state index in [0.29, 0.717) is 178 Å². The highest BCUT2D eigenvalue weighted by Gasteiger charge is 2.29. The molecule has 0 radical (unpaired) electrons. The van der Waals surface area contributed by atoms with Crippen molar-refractivity contribution in [1.29, 1.82) is 0 Å². The van der Waals surface area contributed by atoms with Gasteiger partial charge in [-0.25, -0.2) is 19.0 Å². The summed E-state index contributed by atoms with van der Waals surface area (Å²) >= 11 is 26.0. The summed E-state index contributed by atoms with van der Waals surface area (Å²) in [7, 11) is 4.21. The summed E-state index contributed by atoms with van der Waals surface area (Å²) in [4.78, 5) is 28.8. The largest absolute Gasteiger partial charge is 0.377 e. The Kier molecular flexibility index (Phi) is 29.2. The van der Waals surface area contributed by atoms with Crippen molar-refractivity contribution in [2.75, 3.05) is 159 Å². The summed E-state index contributed by atoms with van der Waals surface area (Å²) in [6, 6.07) is 24.0. The lowest BCUT2D eigenvalue weighted by Gasteiger charge is -2.33. The molecule has 0 saturated carbocycles. The monoisotopic (exact) mass is 1290 g/mol. The maximum Gasteiger partial charge on any atom is 0.314 e. The molecule has 8 rings (SSSR count). The zero-order valence-corrected chi connectivity index (χ0v) is 53.2. The molecule has 478 valence electrons. The third kappa shape index (κ3) is 22.7. The van der Waals surface area contributed by atoms with Crippen molar-refractivity contribution in [2.45, 2.75) is 50.9 Å². The Morgan fingerprint density at radius 2 is 0.818 bits per heavy atom. The Hall–Kier alpha value is -5.54. The van der Waals surface area contributed by atoms with Crippen LogP contribution in [0.1, 0.15) is 58.1 Å². The minimum atomic E-state index is -0.274. The second-order valence-corrected chi connectivity index (χ2v) is 23.1. The molecule has 0 fully saturated rings. The molecule has 4 amide bonds. The van der Waals surface area contributed by atoms with Crippen LogP contribution in [-0.4, -0.2) is 211 Å². The molecule has 2 aliphatic heterocycles. The van der Waals surface area contributed by atoms with E-state index in [-0.39, 0.29) is 23.9 Å². The van der Waals surface area contributed by atoms with E-state index in [1.165, 1.54) is 22.3 Å². The van der Waals surface area contributed by atoms with Gasteiger partial charge in [0.15, 0.2) is 0 Å². The van der Waals surface area contributed by atoms with Gasteiger partial charge in [0, 0.05) is 95.4 Å². The van der Waals surface area contributed by atoms with E-state index in [4.69, 9.17) is 84.3 Å². The second-order valence-electron chi connectivity index (χ2n) is 21.4. The average Bonchev–Trinajstić information content (AvgIpc) is 1.60. The van der Waals surface area contributed by atoms with Crippen molar-refractivity contribution in [2.24, 2.45) is 0 Å². The molecule has 0 spiro atoms. The Morgan fingerprint density at radius 3 is 1.20 bits per heavy atom. The third-order valence-corrected chi connectivity index (χ3v) is 15.7. The first-order valence-corrected chi connectivity index (χ1v) is 31.5. The molecule has 0 aliphatic carbocycles. The Balaban J connectivity index is 0.522. The number of carbonyl (C=O) groups is 2. The lowest BCUT2D eigenvalue weighted by molar-refractivity contribution is -0.00230. The lowest BCUT2D eigenvalue weighted by Crippen LogP contribution is -2.39. The maximum absolute atomic E-state index is 12.1. The molecule has 4 aromatic carbocycles. The van der Waals surface area contributed by atoms with Gasteiger partial charge in [-0.05, 0) is 96.7 Å². The number of ether oxygens (including phenoxy) is 8. The number of hydrogen-bond donors (Lipinski definition) is 4. The first-order chi connectivity index (χ1) is 43.0. The maximum atomic E-state index is 12.1. The number of unbranched alkanes of at least 4 members (excludes halogenated alkanes) is 1. The fourth-order valence-corrected chi connectivity index (χ4v) is 11.4. The minimum absolute atomic E-state index is 0.136. The predicted molar refractivity (Wildman–Crippen MR) is 339 cm³/mol. The molecule has 26 heteroatoms. The summed E-state index contributed by atoms with van der Waals surface area (Å²) in [6.45, 7) is 12.9. The number of likely N-dealkylation sites (N-methyl/N-ethyl adjacent to an activating group) is 2. The minimum Gasteiger partial charge on any atom is -0.377 e. The van der Waals surface area contributed by atoms with Gasteiger partial charge in [-0.15, -0.1) is 10.2 Å². The number of amides is 4. The number of hydrogen-bond acceptors (Lipinski definition) is 16. The molecular formula is C62H82Cl4N12O10. The summed E-state index contributed by atoms with van der Waals surface area (Å²) in [5.41, 5.74) is 10.5. The van der Waals surface area contributed by atoms with Gasteiger partial charge < -0.3 is 69.0 Å². The number of nitrogens with zero attached hydrogens (tertiary/aromatic N) is 8. The van der Waals surface area contributed by atoms with Crippen molar-refractivity contribution in [3.05, 3.63) is 139 Å². The Bertz CT molecular complexity index is 2890. The van der Waals surface area contributed by atoms with Crippen LogP contribution in [0.25, 0.3) is 22.5 Å². The highest BCUT2D eigenvalue weighted by atomic mass is 35.5. The van der Waals surface area contributed by atoms with Gasteiger partial charge in [-0.3, -0.25) is 0 Å². The number of benzene rings is 4. The summed E-state index contributed by atoms with van der Waals surface area (Å²) < 4.78 is 48.5. The van der Waals surface area contributed by atoms with Gasteiger partial charge in [-0.2, -0.15) is 0 Å². The fourth-order valence-electron chi connectivity index (χ4n) is 10.3. The van der Waals surface area contributed by atoms with E-state index in [1.54, 1.807) is 9.36 Å². The van der Waals surface area contributed by atoms with E-state index in [2.05, 4.69) is 102 Å². The van der Waals surface area contributed by atoms with Crippen LogP contribution >= 0.6 is 46.4 Å². The molecule has 2 aliphatic rings. The molecule has 0 unspecified atom stereocenters. The second kappa shape index (κ2) is 37.6. The van der Waals surface area contributed by atoms with E-state index in [9.17, 15) is 9.59 Å². The number of nitrogens with one attached hydrogen (secondary N) is 4. The summed E-state index contributed by atoms with van der Waals surface area (Å²) in [5, 5.41) is 31.3. The molecule has 4 heterocycles. The van der Waals surface area contributed by atoms with Gasteiger partial charge >= 0.3 is 12.1 Å². The standard InChI is InChI=1S/C62H82Cl4N12O10/c1-75-39-53(51-35-49(63)37-57(65)55(51)41-75)45-7-5-9-47(33-45)59-43-77(73-71-59)15-19-83-23-27-87-31-29-85-25-21-81-17-13-69-61(79)67-11-3-4-12-68-62(80)70-14-18-82-22-26-86-30-32-88-28-24-84-20-16-78-44-60(72-74-78)48-10-6-8-46(34-48)54-40-76(2)42-56-52(54)36-50(64)38-58(56)66/h5-10,33-38,43-44,53-54H,3-4,11-32,39-42H2,1-2H3,(H2,67,69,79)(H2,68,70,80)/t53-,54-/m0/s1. The molecule has 0 bridgehead atoms. The van der Waals surface area contributed by atoms with Crippen molar-refractivity contribution in [3.8, 4) is 22.5 Å². The smallest absolute Gasteiger partial charge is 0.314 e. The number of urea groups is 2. The molecule has 88 heavy (non-hydrogen) atoms. The van der Waals surface area contributed by atoms with E-state index < -0.39 is 0 Å². The van der Waals surface area contributed by atoms with Gasteiger partial charge in [0.25, 0.3) is 0 Å². The Labute approximate surface area is 535 Å². The molecular weight excluding hydrogens is 1210 g/mol. The zero-order valence-electron chi connectivity index (χ0n) is 50.2. The molecule has 2 aromatic heterocycles. The van der Waals surface area contributed by atoms with Crippen LogP contribution < -0.4 is 21.3 Å². The molecule has 4 N–H and O–H groups in total. The summed E-state index contributed by atoms with van der Waals surface area (Å²) in [6.07, 6.45) is 5.28. The van der Waals surface area contributed by atoms with E-state index in [1.807, 2.05) is 48.8 Å². The number of halogens is 4. The van der Waals surface area contributed by atoms with Crippen LogP contribution in [0.5, 0.6) is 0 Å². The zero-order chi connectivity index (χ0) is 61.7. The van der Waals surface area contributed by atoms with Crippen LogP contribution in [0.15, 0.2) is 85.2 Å². The van der Waals surface area contributed by atoms with E-state index >= 15 is 0 Å².